The second kappa shape index (κ2) is 4.91. The molecule has 1 saturated carbocycles. The van der Waals surface area contributed by atoms with E-state index in [1.165, 1.54) is 25.0 Å². The van der Waals surface area contributed by atoms with Crippen LogP contribution in [0.2, 0.25) is 0 Å². The summed E-state index contributed by atoms with van der Waals surface area (Å²) in [6.45, 7) is 5.83. The number of allylic oxidation sites excluding steroid dienone is 2. The Morgan fingerprint density at radius 1 is 1.50 bits per heavy atom. The lowest BCUT2D eigenvalue weighted by Crippen LogP contribution is -2.16. The van der Waals surface area contributed by atoms with E-state index < -0.39 is 0 Å². The molecule has 1 heteroatoms. The molecule has 0 aromatic carbocycles. The molecule has 1 aliphatic rings. The topological polar surface area (TPSA) is 12.4 Å². The van der Waals surface area contributed by atoms with Gasteiger partial charge in [-0.1, -0.05) is 18.6 Å². The van der Waals surface area contributed by atoms with Crippen LogP contribution in [-0.2, 0) is 0 Å². The molecule has 1 fully saturated rings. The molecule has 0 N–H and O–H groups in total. The Kier molecular flexibility index (Phi) is 3.78. The molecule has 0 spiro atoms. The Labute approximate surface area is 74.9 Å². The molecule has 1 aliphatic carbocycles. The van der Waals surface area contributed by atoms with E-state index >= 15 is 0 Å². The van der Waals surface area contributed by atoms with Crippen LogP contribution in [-0.4, -0.2) is 5.71 Å². The fourth-order valence-corrected chi connectivity index (χ4v) is 1.61. The fraction of sp³-hybridized carbons (Fsp3) is 0.545. The Morgan fingerprint density at radius 3 is 3.00 bits per heavy atom. The van der Waals surface area contributed by atoms with Gasteiger partial charge in [0.1, 0.15) is 0 Å². The standard InChI is InChI=1S/C11H17N/c1-3-9-12-11-8-6-5-7-10(11)4-2/h3-4,9-10H,2,5-8H2,1H3/b9-3-,12-11-. The van der Waals surface area contributed by atoms with E-state index in [2.05, 4.69) is 11.6 Å². The molecule has 1 atom stereocenters. The van der Waals surface area contributed by atoms with Gasteiger partial charge in [0.15, 0.2) is 0 Å². The van der Waals surface area contributed by atoms with E-state index in [0.29, 0.717) is 5.92 Å². The van der Waals surface area contributed by atoms with Gasteiger partial charge in [-0.25, -0.2) is 0 Å². The summed E-state index contributed by atoms with van der Waals surface area (Å²) in [6.07, 6.45) is 10.9. The summed E-state index contributed by atoms with van der Waals surface area (Å²) in [7, 11) is 0. The first-order valence-electron chi connectivity index (χ1n) is 4.68. The van der Waals surface area contributed by atoms with Gasteiger partial charge in [0, 0.05) is 17.8 Å². The highest BCUT2D eigenvalue weighted by atomic mass is 14.7. The zero-order chi connectivity index (χ0) is 8.81. The van der Waals surface area contributed by atoms with Gasteiger partial charge in [0.25, 0.3) is 0 Å². The lowest BCUT2D eigenvalue weighted by atomic mass is 9.87. The summed E-state index contributed by atoms with van der Waals surface area (Å²) < 4.78 is 0. The maximum absolute atomic E-state index is 4.42. The normalized spacial score (nSPS) is 28.1. The van der Waals surface area contributed by atoms with Gasteiger partial charge >= 0.3 is 0 Å². The van der Waals surface area contributed by atoms with Crippen molar-refractivity contribution in [2.45, 2.75) is 32.6 Å². The highest BCUT2D eigenvalue weighted by molar-refractivity contribution is 5.89. The predicted octanol–water partition coefficient (Wildman–Crippen LogP) is 3.34. The average molecular weight is 163 g/mol. The zero-order valence-corrected chi connectivity index (χ0v) is 7.79. The Bertz CT molecular complexity index is 201. The molecule has 1 unspecified atom stereocenters. The third-order valence-electron chi connectivity index (χ3n) is 2.30. The summed E-state index contributed by atoms with van der Waals surface area (Å²) in [5.41, 5.74) is 1.31. The SMILES string of the molecule is C=CC1CCCC/C1=N/C=C\C. The monoisotopic (exact) mass is 163 g/mol. The largest absolute Gasteiger partial charge is 0.265 e. The van der Waals surface area contributed by atoms with Gasteiger partial charge in [-0.2, -0.15) is 0 Å². The van der Waals surface area contributed by atoms with E-state index in [1.807, 2.05) is 25.3 Å². The summed E-state index contributed by atoms with van der Waals surface area (Å²) >= 11 is 0. The van der Waals surface area contributed by atoms with Crippen LogP contribution in [0.4, 0.5) is 0 Å². The Hall–Kier alpha value is -0.850. The Balaban J connectivity index is 2.63. The number of hydrogen-bond acceptors (Lipinski definition) is 1. The van der Waals surface area contributed by atoms with Crippen molar-refractivity contribution < 1.29 is 0 Å². The summed E-state index contributed by atoms with van der Waals surface area (Å²) in [6, 6.07) is 0. The fourth-order valence-electron chi connectivity index (χ4n) is 1.61. The van der Waals surface area contributed by atoms with Crippen molar-refractivity contribution in [2.75, 3.05) is 0 Å². The minimum atomic E-state index is 0.537. The maximum Gasteiger partial charge on any atom is 0.0247 e. The molecular weight excluding hydrogens is 146 g/mol. The van der Waals surface area contributed by atoms with Crippen LogP contribution < -0.4 is 0 Å². The van der Waals surface area contributed by atoms with Gasteiger partial charge in [0.05, 0.1) is 0 Å². The van der Waals surface area contributed by atoms with Gasteiger partial charge in [-0.05, 0) is 26.2 Å². The molecule has 12 heavy (non-hydrogen) atoms. The average Bonchev–Trinajstić information content (AvgIpc) is 2.15. The lowest BCUT2D eigenvalue weighted by Gasteiger charge is -2.20. The minimum absolute atomic E-state index is 0.537. The molecule has 0 bridgehead atoms. The zero-order valence-electron chi connectivity index (χ0n) is 7.79. The molecule has 0 amide bonds. The van der Waals surface area contributed by atoms with Crippen molar-refractivity contribution >= 4 is 5.71 Å². The van der Waals surface area contributed by atoms with Gasteiger partial charge < -0.3 is 0 Å². The summed E-state index contributed by atoms with van der Waals surface area (Å²) in [5.74, 6) is 0.537. The molecule has 1 nitrogen and oxygen atoms in total. The summed E-state index contributed by atoms with van der Waals surface area (Å²) in [4.78, 5) is 4.42. The minimum Gasteiger partial charge on any atom is -0.265 e. The van der Waals surface area contributed by atoms with Crippen LogP contribution in [0.5, 0.6) is 0 Å². The smallest absolute Gasteiger partial charge is 0.0247 e. The molecule has 66 valence electrons. The second-order valence-corrected chi connectivity index (χ2v) is 3.19. The maximum atomic E-state index is 4.42. The van der Waals surface area contributed by atoms with Crippen LogP contribution in [0.15, 0.2) is 29.9 Å². The number of aliphatic imine (C=N–C) groups is 1. The van der Waals surface area contributed by atoms with Crippen LogP contribution >= 0.6 is 0 Å². The van der Waals surface area contributed by atoms with E-state index in [9.17, 15) is 0 Å². The Morgan fingerprint density at radius 2 is 2.33 bits per heavy atom. The third-order valence-corrected chi connectivity index (χ3v) is 2.30. The molecule has 0 saturated heterocycles. The molecule has 0 heterocycles. The lowest BCUT2D eigenvalue weighted by molar-refractivity contribution is 0.595. The quantitative estimate of drug-likeness (QED) is 0.554. The first-order chi connectivity index (χ1) is 5.88. The molecule has 0 aromatic rings. The van der Waals surface area contributed by atoms with Crippen molar-refractivity contribution in [1.82, 2.24) is 0 Å². The molecule has 1 rings (SSSR count). The molecule has 0 aliphatic heterocycles. The highest BCUT2D eigenvalue weighted by Gasteiger charge is 2.16. The van der Waals surface area contributed by atoms with Crippen molar-refractivity contribution in [3.63, 3.8) is 0 Å². The van der Waals surface area contributed by atoms with Crippen LogP contribution in [0.25, 0.3) is 0 Å². The third kappa shape index (κ3) is 2.33. The van der Waals surface area contributed by atoms with E-state index in [-0.39, 0.29) is 0 Å². The first kappa shape index (κ1) is 9.24. The molecule has 0 aromatic heterocycles. The van der Waals surface area contributed by atoms with Crippen molar-refractivity contribution in [3.05, 3.63) is 24.9 Å². The van der Waals surface area contributed by atoms with E-state index in [1.54, 1.807) is 0 Å². The van der Waals surface area contributed by atoms with Gasteiger partial charge in [-0.15, -0.1) is 6.58 Å². The second-order valence-electron chi connectivity index (χ2n) is 3.19. The molecular formula is C11H17N. The molecule has 0 radical (unpaired) electrons. The van der Waals surface area contributed by atoms with Crippen molar-refractivity contribution in [3.8, 4) is 0 Å². The number of hydrogen-bond donors (Lipinski definition) is 0. The van der Waals surface area contributed by atoms with E-state index in [4.69, 9.17) is 0 Å². The van der Waals surface area contributed by atoms with Crippen molar-refractivity contribution in [2.24, 2.45) is 10.9 Å². The highest BCUT2D eigenvalue weighted by Crippen LogP contribution is 2.22. The number of nitrogens with zero attached hydrogens (tertiary/aromatic N) is 1. The van der Waals surface area contributed by atoms with Crippen molar-refractivity contribution in [1.29, 1.82) is 0 Å². The van der Waals surface area contributed by atoms with Crippen LogP contribution in [0.1, 0.15) is 32.6 Å². The predicted molar refractivity (Wildman–Crippen MR) is 54.4 cm³/mol. The van der Waals surface area contributed by atoms with Gasteiger partial charge in [-0.3, -0.25) is 4.99 Å². The van der Waals surface area contributed by atoms with E-state index in [0.717, 1.165) is 6.42 Å². The summed E-state index contributed by atoms with van der Waals surface area (Å²) in [5, 5.41) is 0. The first-order valence-corrected chi connectivity index (χ1v) is 4.68. The van der Waals surface area contributed by atoms with Gasteiger partial charge in [0.2, 0.25) is 0 Å². The number of rotatable bonds is 2. The van der Waals surface area contributed by atoms with Crippen LogP contribution in [0, 0.1) is 5.92 Å². The van der Waals surface area contributed by atoms with Crippen LogP contribution in [0.3, 0.4) is 0 Å².